The second kappa shape index (κ2) is 7.55. The van der Waals surface area contributed by atoms with Crippen LogP contribution in [0.4, 0.5) is 0 Å². The zero-order valence-corrected chi connectivity index (χ0v) is 15.8. The van der Waals surface area contributed by atoms with E-state index >= 15 is 0 Å². The fourth-order valence-corrected chi connectivity index (χ4v) is 4.80. The van der Waals surface area contributed by atoms with Crippen molar-refractivity contribution in [2.45, 2.75) is 19.4 Å². The van der Waals surface area contributed by atoms with Gasteiger partial charge in [0.15, 0.2) is 0 Å². The van der Waals surface area contributed by atoms with Crippen molar-refractivity contribution >= 4 is 44.7 Å². The molecule has 2 aromatic heterocycles. The molecule has 0 radical (unpaired) electrons. The number of para-hydroxylation sites is 1. The number of benzene rings is 1. The molecule has 0 atom stereocenters. The van der Waals surface area contributed by atoms with Crippen molar-refractivity contribution in [3.05, 3.63) is 51.7 Å². The molecule has 26 heavy (non-hydrogen) atoms. The highest BCUT2D eigenvalue weighted by atomic mass is 32.1. The van der Waals surface area contributed by atoms with Crippen molar-refractivity contribution in [2.75, 3.05) is 13.1 Å². The molecular formula is C19H19N3O2S2. The summed E-state index contributed by atoms with van der Waals surface area (Å²) >= 11 is 3.07. The number of rotatable bonds is 4. The van der Waals surface area contributed by atoms with Gasteiger partial charge in [0.1, 0.15) is 5.01 Å². The number of aromatic nitrogens is 1. The molecule has 5 nitrogen and oxygen atoms in total. The maximum atomic E-state index is 12.5. The Morgan fingerprint density at radius 2 is 1.96 bits per heavy atom. The third kappa shape index (κ3) is 3.64. The van der Waals surface area contributed by atoms with Crippen LogP contribution in [0, 0.1) is 5.92 Å². The summed E-state index contributed by atoms with van der Waals surface area (Å²) in [5.74, 6) is 0.109. The monoisotopic (exact) mass is 385 g/mol. The summed E-state index contributed by atoms with van der Waals surface area (Å²) in [6.45, 7) is 1.73. The van der Waals surface area contributed by atoms with E-state index in [2.05, 4.69) is 10.3 Å². The van der Waals surface area contributed by atoms with Crippen LogP contribution in [0.5, 0.6) is 0 Å². The van der Waals surface area contributed by atoms with E-state index in [0.29, 0.717) is 32.5 Å². The minimum absolute atomic E-state index is 0.0308. The van der Waals surface area contributed by atoms with Gasteiger partial charge in [-0.2, -0.15) is 0 Å². The van der Waals surface area contributed by atoms with Crippen LogP contribution in [-0.4, -0.2) is 34.8 Å². The normalized spacial score (nSPS) is 15.3. The Labute approximate surface area is 159 Å². The number of thiazole rings is 1. The average molecular weight is 386 g/mol. The van der Waals surface area contributed by atoms with Gasteiger partial charge in [-0.05, 0) is 36.4 Å². The van der Waals surface area contributed by atoms with Gasteiger partial charge >= 0.3 is 0 Å². The summed E-state index contributed by atoms with van der Waals surface area (Å²) < 4.78 is 1.14. The molecule has 1 N–H and O–H groups in total. The molecule has 1 aliphatic heterocycles. The number of carbonyl (C=O) groups excluding carboxylic acids is 2. The van der Waals surface area contributed by atoms with Gasteiger partial charge in [0, 0.05) is 19.0 Å². The van der Waals surface area contributed by atoms with Crippen molar-refractivity contribution in [3.8, 4) is 0 Å². The molecule has 2 amide bonds. The molecule has 3 heterocycles. The quantitative estimate of drug-likeness (QED) is 0.747. The highest BCUT2D eigenvalue weighted by Crippen LogP contribution is 2.23. The van der Waals surface area contributed by atoms with E-state index in [1.807, 2.05) is 46.7 Å². The molecule has 1 saturated heterocycles. The largest absolute Gasteiger partial charge is 0.349 e. The second-order valence-electron chi connectivity index (χ2n) is 6.34. The fourth-order valence-electron chi connectivity index (χ4n) is 3.20. The first-order valence-electron chi connectivity index (χ1n) is 8.65. The van der Waals surface area contributed by atoms with Crippen LogP contribution in [-0.2, 0) is 11.3 Å². The number of fused-ring (bicyclic) bond motifs is 1. The van der Waals surface area contributed by atoms with Gasteiger partial charge in [0.2, 0.25) is 5.91 Å². The van der Waals surface area contributed by atoms with Crippen LogP contribution >= 0.6 is 22.7 Å². The van der Waals surface area contributed by atoms with Gasteiger partial charge in [-0.25, -0.2) is 4.98 Å². The van der Waals surface area contributed by atoms with Gasteiger partial charge in [0.25, 0.3) is 5.91 Å². The summed E-state index contributed by atoms with van der Waals surface area (Å²) in [5.41, 5.74) is 0.974. The number of hydrogen-bond donors (Lipinski definition) is 1. The maximum Gasteiger partial charge on any atom is 0.263 e. The summed E-state index contributed by atoms with van der Waals surface area (Å²) in [4.78, 5) is 32.0. The standard InChI is InChI=1S/C19H19N3O2S2/c23-18(20-12-17-21-14-4-1-2-5-15(14)26-17)13-7-9-22(10-8-13)19(24)16-6-3-11-25-16/h1-6,11,13H,7-10,12H2,(H,20,23). The molecule has 0 saturated carbocycles. The Bertz CT molecular complexity index is 879. The first-order chi connectivity index (χ1) is 12.7. The van der Waals surface area contributed by atoms with Gasteiger partial charge in [-0.3, -0.25) is 9.59 Å². The molecule has 3 aromatic rings. The molecular weight excluding hydrogens is 366 g/mol. The molecule has 1 aromatic carbocycles. The van der Waals surface area contributed by atoms with Crippen LogP contribution in [0.3, 0.4) is 0 Å². The first kappa shape index (κ1) is 17.2. The zero-order chi connectivity index (χ0) is 17.9. The van der Waals surface area contributed by atoms with Crippen molar-refractivity contribution in [1.82, 2.24) is 15.2 Å². The molecule has 0 unspecified atom stereocenters. The highest BCUT2D eigenvalue weighted by Gasteiger charge is 2.28. The Kier molecular flexibility index (Phi) is 4.99. The first-order valence-corrected chi connectivity index (χ1v) is 10.4. The van der Waals surface area contributed by atoms with Crippen molar-refractivity contribution in [1.29, 1.82) is 0 Å². The molecule has 7 heteroatoms. The minimum atomic E-state index is -0.0308. The summed E-state index contributed by atoms with van der Waals surface area (Å²) in [5, 5.41) is 5.84. The lowest BCUT2D eigenvalue weighted by Crippen LogP contribution is -2.42. The second-order valence-corrected chi connectivity index (χ2v) is 8.40. The Hall–Kier alpha value is -2.25. The average Bonchev–Trinajstić information content (AvgIpc) is 3.35. The summed E-state index contributed by atoms with van der Waals surface area (Å²) in [7, 11) is 0. The predicted octanol–water partition coefficient (Wildman–Crippen LogP) is 3.53. The van der Waals surface area contributed by atoms with Crippen molar-refractivity contribution in [2.24, 2.45) is 5.92 Å². The third-order valence-electron chi connectivity index (χ3n) is 4.64. The molecule has 1 fully saturated rings. The lowest BCUT2D eigenvalue weighted by molar-refractivity contribution is -0.126. The Balaban J connectivity index is 1.29. The molecule has 0 bridgehead atoms. The lowest BCUT2D eigenvalue weighted by Gasteiger charge is -2.31. The van der Waals surface area contributed by atoms with Crippen molar-refractivity contribution in [3.63, 3.8) is 0 Å². The summed E-state index contributed by atoms with van der Waals surface area (Å²) in [6.07, 6.45) is 1.42. The minimum Gasteiger partial charge on any atom is -0.349 e. The molecule has 0 aliphatic carbocycles. The van der Waals surface area contributed by atoms with Crippen molar-refractivity contribution < 1.29 is 9.59 Å². The number of amides is 2. The number of nitrogens with zero attached hydrogens (tertiary/aromatic N) is 2. The fraction of sp³-hybridized carbons (Fsp3) is 0.316. The van der Waals surface area contributed by atoms with Gasteiger partial charge in [0.05, 0.1) is 21.6 Å². The SMILES string of the molecule is O=C(NCc1nc2ccccc2s1)C1CCN(C(=O)c2cccs2)CC1. The third-order valence-corrected chi connectivity index (χ3v) is 6.53. The van der Waals surface area contributed by atoms with E-state index in [4.69, 9.17) is 0 Å². The number of hydrogen-bond acceptors (Lipinski definition) is 5. The van der Waals surface area contributed by atoms with Crippen LogP contribution < -0.4 is 5.32 Å². The molecule has 4 rings (SSSR count). The number of nitrogens with one attached hydrogen (secondary N) is 1. The lowest BCUT2D eigenvalue weighted by atomic mass is 9.96. The van der Waals surface area contributed by atoms with Gasteiger partial charge in [-0.15, -0.1) is 22.7 Å². The number of carbonyl (C=O) groups is 2. The van der Waals surface area contributed by atoms with E-state index in [0.717, 1.165) is 20.1 Å². The number of likely N-dealkylation sites (tertiary alicyclic amines) is 1. The van der Waals surface area contributed by atoms with Gasteiger partial charge in [-0.1, -0.05) is 18.2 Å². The van der Waals surface area contributed by atoms with Crippen LogP contribution in [0.25, 0.3) is 10.2 Å². The molecule has 134 valence electrons. The van der Waals surface area contributed by atoms with E-state index < -0.39 is 0 Å². The topological polar surface area (TPSA) is 62.3 Å². The van der Waals surface area contributed by atoms with Crippen LogP contribution in [0.2, 0.25) is 0 Å². The van der Waals surface area contributed by atoms with E-state index in [9.17, 15) is 9.59 Å². The number of thiophene rings is 1. The highest BCUT2D eigenvalue weighted by molar-refractivity contribution is 7.18. The van der Waals surface area contributed by atoms with E-state index in [1.54, 1.807) is 11.3 Å². The van der Waals surface area contributed by atoms with Crippen LogP contribution in [0.15, 0.2) is 41.8 Å². The smallest absolute Gasteiger partial charge is 0.263 e. The zero-order valence-electron chi connectivity index (χ0n) is 14.2. The Morgan fingerprint density at radius 1 is 1.15 bits per heavy atom. The summed E-state index contributed by atoms with van der Waals surface area (Å²) in [6, 6.07) is 11.7. The maximum absolute atomic E-state index is 12.5. The van der Waals surface area contributed by atoms with Gasteiger partial charge < -0.3 is 10.2 Å². The molecule has 0 spiro atoms. The van der Waals surface area contributed by atoms with E-state index in [-0.39, 0.29) is 17.7 Å². The Morgan fingerprint density at radius 3 is 2.69 bits per heavy atom. The predicted molar refractivity (Wildman–Crippen MR) is 104 cm³/mol. The number of piperidine rings is 1. The molecule has 1 aliphatic rings. The van der Waals surface area contributed by atoms with E-state index in [1.165, 1.54) is 11.3 Å². The van der Waals surface area contributed by atoms with Crippen LogP contribution in [0.1, 0.15) is 27.5 Å².